The Hall–Kier alpha value is -2.41. The Morgan fingerprint density at radius 3 is 2.89 bits per heavy atom. The van der Waals surface area contributed by atoms with Crippen molar-refractivity contribution in [3.63, 3.8) is 0 Å². The van der Waals surface area contributed by atoms with E-state index in [1.165, 1.54) is 0 Å². The van der Waals surface area contributed by atoms with Crippen LogP contribution in [-0.2, 0) is 15.0 Å². The third-order valence-electron chi connectivity index (χ3n) is 3.57. The van der Waals surface area contributed by atoms with Gasteiger partial charge < -0.3 is 10.3 Å². The van der Waals surface area contributed by atoms with Gasteiger partial charge in [0.2, 0.25) is 5.91 Å². The maximum Gasteiger partial charge on any atom is 0.253 e. The van der Waals surface area contributed by atoms with Gasteiger partial charge >= 0.3 is 0 Å². The number of imidazole rings is 1. The topological polar surface area (TPSA) is 113 Å². The van der Waals surface area contributed by atoms with Crippen molar-refractivity contribution in [2.45, 2.75) is 19.3 Å². The zero-order valence-electron chi connectivity index (χ0n) is 10.5. The smallest absolute Gasteiger partial charge is 0.253 e. The molecule has 1 atom stereocenters. The molecule has 2 aromatic rings. The van der Waals surface area contributed by atoms with E-state index in [2.05, 4.69) is 15.3 Å². The van der Waals surface area contributed by atoms with Crippen LogP contribution in [0.3, 0.4) is 0 Å². The number of amides is 2. The highest BCUT2D eigenvalue weighted by Crippen LogP contribution is 2.39. The number of rotatable bonds is 1. The summed E-state index contributed by atoms with van der Waals surface area (Å²) < 4.78 is 0. The number of aromatic amines is 1. The van der Waals surface area contributed by atoms with Gasteiger partial charge in [-0.15, -0.1) is 0 Å². The number of benzene rings is 1. The number of hydrogen-bond donors (Lipinski definition) is 4. The number of aryl methyl sites for hydroxylation is 1. The molecular formula is C12H13N5O2. The van der Waals surface area contributed by atoms with Crippen LogP contribution in [0.25, 0.3) is 11.0 Å². The Labute approximate surface area is 108 Å². The first-order valence-corrected chi connectivity index (χ1v) is 5.80. The van der Waals surface area contributed by atoms with Crippen molar-refractivity contribution in [3.05, 3.63) is 23.5 Å². The van der Waals surface area contributed by atoms with E-state index in [9.17, 15) is 9.59 Å². The van der Waals surface area contributed by atoms with Gasteiger partial charge in [0, 0.05) is 11.3 Å². The summed E-state index contributed by atoms with van der Waals surface area (Å²) in [6.07, 6.45) is 0. The van der Waals surface area contributed by atoms with Gasteiger partial charge in [-0.1, -0.05) is 0 Å². The Kier molecular flexibility index (Phi) is 2.18. The third kappa shape index (κ3) is 1.39. The molecule has 2 amide bonds. The normalized spacial score (nSPS) is 21.3. The van der Waals surface area contributed by atoms with Crippen molar-refractivity contribution in [2.24, 2.45) is 5.84 Å². The lowest BCUT2D eigenvalue weighted by atomic mass is 9.83. The SMILES string of the molecule is Cc1nc2cc3c(cc2[nH]1)NC(=O)C3(C)C(=O)NN. The minimum atomic E-state index is -1.33. The van der Waals surface area contributed by atoms with Crippen molar-refractivity contribution >= 4 is 28.5 Å². The van der Waals surface area contributed by atoms with Crippen LogP contribution < -0.4 is 16.6 Å². The monoisotopic (exact) mass is 259 g/mol. The van der Waals surface area contributed by atoms with E-state index in [0.29, 0.717) is 16.8 Å². The molecule has 1 aromatic heterocycles. The molecule has 7 heteroatoms. The summed E-state index contributed by atoms with van der Waals surface area (Å²) in [6.45, 7) is 3.39. The van der Waals surface area contributed by atoms with Crippen molar-refractivity contribution in [1.82, 2.24) is 15.4 Å². The van der Waals surface area contributed by atoms with Crippen LogP contribution in [-0.4, -0.2) is 21.8 Å². The van der Waals surface area contributed by atoms with Crippen molar-refractivity contribution in [3.8, 4) is 0 Å². The zero-order valence-corrected chi connectivity index (χ0v) is 10.5. The fraction of sp³-hybridized carbons (Fsp3) is 0.250. The Bertz CT molecular complexity index is 720. The van der Waals surface area contributed by atoms with E-state index < -0.39 is 17.2 Å². The molecule has 1 aromatic carbocycles. The van der Waals surface area contributed by atoms with E-state index in [1.807, 2.05) is 12.3 Å². The number of nitrogens with zero attached hydrogens (tertiary/aromatic N) is 1. The first kappa shape index (κ1) is 11.7. The molecule has 0 aliphatic carbocycles. The summed E-state index contributed by atoms with van der Waals surface area (Å²) in [5.74, 6) is 5.01. The van der Waals surface area contributed by atoms with Crippen LogP contribution in [0.1, 0.15) is 18.3 Å². The summed E-state index contributed by atoms with van der Waals surface area (Å²) >= 11 is 0. The predicted octanol–water partition coefficient (Wildman–Crippen LogP) is 0.0710. The van der Waals surface area contributed by atoms with Crippen molar-refractivity contribution < 1.29 is 9.59 Å². The van der Waals surface area contributed by atoms with Crippen LogP contribution in [0.4, 0.5) is 5.69 Å². The largest absolute Gasteiger partial charge is 0.342 e. The second kappa shape index (κ2) is 3.55. The van der Waals surface area contributed by atoms with E-state index in [-0.39, 0.29) is 0 Å². The second-order valence-electron chi connectivity index (χ2n) is 4.79. The van der Waals surface area contributed by atoms with Gasteiger partial charge in [-0.05, 0) is 26.0 Å². The summed E-state index contributed by atoms with van der Waals surface area (Å²) in [6, 6.07) is 3.51. The number of nitrogens with two attached hydrogens (primary N) is 1. The molecule has 19 heavy (non-hydrogen) atoms. The molecule has 0 spiro atoms. The number of H-pyrrole nitrogens is 1. The molecule has 1 aliphatic rings. The van der Waals surface area contributed by atoms with Gasteiger partial charge in [0.25, 0.3) is 5.91 Å². The molecule has 0 saturated heterocycles. The summed E-state index contributed by atoms with van der Waals surface area (Å²) in [5, 5.41) is 2.70. The van der Waals surface area contributed by atoms with Gasteiger partial charge in [-0.3, -0.25) is 15.0 Å². The van der Waals surface area contributed by atoms with E-state index >= 15 is 0 Å². The van der Waals surface area contributed by atoms with Gasteiger partial charge in [0.1, 0.15) is 5.82 Å². The standard InChI is InChI=1S/C12H13N5O2/c1-5-14-8-3-6-7(4-9(8)15-5)16-10(18)12(6,2)11(19)17-13/h3-4H,13H2,1-2H3,(H,14,15)(H,16,18)(H,17,19). The molecule has 1 aliphatic heterocycles. The highest BCUT2D eigenvalue weighted by molar-refractivity contribution is 6.21. The van der Waals surface area contributed by atoms with Gasteiger partial charge in [0.15, 0.2) is 5.41 Å². The second-order valence-corrected chi connectivity index (χ2v) is 4.79. The Morgan fingerprint density at radius 2 is 2.21 bits per heavy atom. The highest BCUT2D eigenvalue weighted by Gasteiger charge is 2.49. The fourth-order valence-electron chi connectivity index (χ4n) is 2.44. The third-order valence-corrected chi connectivity index (χ3v) is 3.57. The number of carbonyl (C=O) groups is 2. The van der Waals surface area contributed by atoms with Crippen molar-refractivity contribution in [2.75, 3.05) is 5.32 Å². The number of aromatic nitrogens is 2. The van der Waals surface area contributed by atoms with Crippen LogP contribution in [0.2, 0.25) is 0 Å². The molecule has 0 radical (unpaired) electrons. The molecule has 98 valence electrons. The molecule has 0 saturated carbocycles. The van der Waals surface area contributed by atoms with E-state index in [4.69, 9.17) is 5.84 Å². The summed E-state index contributed by atoms with van der Waals surface area (Å²) in [7, 11) is 0. The number of fused-ring (bicyclic) bond motifs is 2. The molecule has 0 fully saturated rings. The molecule has 0 bridgehead atoms. The van der Waals surface area contributed by atoms with E-state index in [0.717, 1.165) is 11.3 Å². The molecule has 7 nitrogen and oxygen atoms in total. The fourth-order valence-corrected chi connectivity index (χ4v) is 2.44. The molecule has 1 unspecified atom stereocenters. The van der Waals surface area contributed by atoms with Crippen molar-refractivity contribution in [1.29, 1.82) is 0 Å². The Balaban J connectivity index is 2.27. The maximum atomic E-state index is 12.1. The average molecular weight is 259 g/mol. The zero-order chi connectivity index (χ0) is 13.8. The molecular weight excluding hydrogens is 246 g/mol. The Morgan fingerprint density at radius 1 is 1.47 bits per heavy atom. The summed E-state index contributed by atoms with van der Waals surface area (Å²) in [4.78, 5) is 31.4. The minimum Gasteiger partial charge on any atom is -0.342 e. The van der Waals surface area contributed by atoms with Crippen LogP contribution in [0.15, 0.2) is 12.1 Å². The number of hydrazine groups is 1. The van der Waals surface area contributed by atoms with Crippen LogP contribution in [0, 0.1) is 6.92 Å². The first-order valence-electron chi connectivity index (χ1n) is 5.80. The summed E-state index contributed by atoms with van der Waals surface area (Å²) in [5.41, 5.74) is 3.43. The quantitative estimate of drug-likeness (QED) is 0.251. The molecule has 5 N–H and O–H groups in total. The van der Waals surface area contributed by atoms with Gasteiger partial charge in [-0.2, -0.15) is 0 Å². The number of nitrogens with one attached hydrogen (secondary N) is 3. The predicted molar refractivity (Wildman–Crippen MR) is 69.1 cm³/mol. The number of carbonyl (C=O) groups excluding carboxylic acids is 2. The maximum absolute atomic E-state index is 12.1. The van der Waals surface area contributed by atoms with Crippen LogP contribution in [0.5, 0.6) is 0 Å². The minimum absolute atomic E-state index is 0.394. The average Bonchev–Trinajstić information content (AvgIpc) is 2.85. The highest BCUT2D eigenvalue weighted by atomic mass is 16.2. The van der Waals surface area contributed by atoms with Gasteiger partial charge in [-0.25, -0.2) is 10.8 Å². The van der Waals surface area contributed by atoms with Gasteiger partial charge in [0.05, 0.1) is 11.0 Å². The molecule has 3 rings (SSSR count). The number of anilines is 1. The lowest BCUT2D eigenvalue weighted by Crippen LogP contribution is -2.49. The first-order chi connectivity index (χ1) is 8.96. The van der Waals surface area contributed by atoms with Crippen LogP contribution >= 0.6 is 0 Å². The molecule has 2 heterocycles. The lowest BCUT2D eigenvalue weighted by molar-refractivity contribution is -0.133. The number of hydrogen-bond acceptors (Lipinski definition) is 4. The van der Waals surface area contributed by atoms with E-state index in [1.54, 1.807) is 19.1 Å². The lowest BCUT2D eigenvalue weighted by Gasteiger charge is -2.19.